The van der Waals surface area contributed by atoms with Gasteiger partial charge in [-0.3, -0.25) is 4.90 Å². The maximum Gasteiger partial charge on any atom is 0.0715 e. The summed E-state index contributed by atoms with van der Waals surface area (Å²) < 4.78 is 10.6. The van der Waals surface area contributed by atoms with E-state index in [1.165, 1.54) is 0 Å². The van der Waals surface area contributed by atoms with Gasteiger partial charge < -0.3 is 15.2 Å². The lowest BCUT2D eigenvalue weighted by molar-refractivity contribution is 0.0215. The second-order valence-corrected chi connectivity index (χ2v) is 5.00. The van der Waals surface area contributed by atoms with Crippen molar-refractivity contribution in [1.29, 1.82) is 0 Å². The summed E-state index contributed by atoms with van der Waals surface area (Å²) in [6, 6.07) is 0. The minimum Gasteiger partial charge on any atom is -0.382 e. The second-order valence-electron chi connectivity index (χ2n) is 5.00. The van der Waals surface area contributed by atoms with E-state index < -0.39 is 0 Å². The van der Waals surface area contributed by atoms with E-state index in [0.29, 0.717) is 19.3 Å². The van der Waals surface area contributed by atoms with E-state index in [1.54, 1.807) is 7.11 Å². The van der Waals surface area contributed by atoms with E-state index in [0.717, 1.165) is 26.1 Å². The van der Waals surface area contributed by atoms with Crippen LogP contribution in [0, 0.1) is 0 Å². The van der Waals surface area contributed by atoms with Crippen LogP contribution in [0.1, 0.15) is 20.3 Å². The maximum absolute atomic E-state index is 5.98. The number of nitrogens with two attached hydrogens (primary N) is 1. The number of hydrogen-bond acceptors (Lipinski definition) is 4. The van der Waals surface area contributed by atoms with Crippen LogP contribution in [0.5, 0.6) is 0 Å². The third-order valence-corrected chi connectivity index (χ3v) is 2.50. The normalized spacial score (nSPS) is 23.6. The number of rotatable bonds is 6. The van der Waals surface area contributed by atoms with Crippen LogP contribution in [0.2, 0.25) is 0 Å². The molecule has 0 aromatic heterocycles. The predicted molar refractivity (Wildman–Crippen MR) is 60.9 cm³/mol. The first-order chi connectivity index (χ1) is 7.01. The molecule has 0 saturated carbocycles. The molecule has 15 heavy (non-hydrogen) atoms. The molecule has 0 amide bonds. The molecule has 0 spiro atoms. The van der Waals surface area contributed by atoms with Gasteiger partial charge in [-0.15, -0.1) is 0 Å². The average Bonchev–Trinajstić information content (AvgIpc) is 2.50. The molecule has 90 valence electrons. The summed E-state index contributed by atoms with van der Waals surface area (Å²) in [6.07, 6.45) is 1.47. The smallest absolute Gasteiger partial charge is 0.0715 e. The zero-order valence-corrected chi connectivity index (χ0v) is 10.2. The van der Waals surface area contributed by atoms with Gasteiger partial charge in [-0.25, -0.2) is 0 Å². The average molecular weight is 216 g/mol. The Morgan fingerprint density at radius 1 is 1.40 bits per heavy atom. The molecule has 0 aliphatic carbocycles. The molecule has 1 unspecified atom stereocenters. The summed E-state index contributed by atoms with van der Waals surface area (Å²) in [5.74, 6) is 0. The van der Waals surface area contributed by atoms with Gasteiger partial charge in [0.15, 0.2) is 0 Å². The van der Waals surface area contributed by atoms with Crippen molar-refractivity contribution in [3.05, 3.63) is 0 Å². The van der Waals surface area contributed by atoms with E-state index >= 15 is 0 Å². The van der Waals surface area contributed by atoms with Gasteiger partial charge in [0.2, 0.25) is 0 Å². The second kappa shape index (κ2) is 5.80. The number of ether oxygens (including phenoxy) is 2. The Labute approximate surface area is 92.7 Å². The van der Waals surface area contributed by atoms with Gasteiger partial charge in [-0.2, -0.15) is 0 Å². The summed E-state index contributed by atoms with van der Waals surface area (Å²) >= 11 is 0. The summed E-state index contributed by atoms with van der Waals surface area (Å²) in [5, 5.41) is 0. The molecule has 2 N–H and O–H groups in total. The first-order valence-corrected chi connectivity index (χ1v) is 5.63. The van der Waals surface area contributed by atoms with Crippen LogP contribution in [0.3, 0.4) is 0 Å². The molecule has 1 atom stereocenters. The van der Waals surface area contributed by atoms with E-state index in [4.69, 9.17) is 15.2 Å². The van der Waals surface area contributed by atoms with Crippen molar-refractivity contribution >= 4 is 0 Å². The molecular formula is C11H24N2O2. The summed E-state index contributed by atoms with van der Waals surface area (Å²) in [5.41, 5.74) is 5.87. The Kier molecular flexibility index (Phi) is 4.99. The number of nitrogens with zero attached hydrogens (tertiary/aromatic N) is 1. The fourth-order valence-corrected chi connectivity index (χ4v) is 1.95. The molecule has 1 aliphatic heterocycles. The minimum atomic E-state index is -0.110. The highest BCUT2D eigenvalue weighted by atomic mass is 16.5. The molecular weight excluding hydrogens is 192 g/mol. The van der Waals surface area contributed by atoms with Crippen molar-refractivity contribution in [2.75, 3.05) is 40.0 Å². The third-order valence-electron chi connectivity index (χ3n) is 2.50. The summed E-state index contributed by atoms with van der Waals surface area (Å²) in [4.78, 5) is 2.37. The molecule has 0 aromatic carbocycles. The fourth-order valence-electron chi connectivity index (χ4n) is 1.95. The van der Waals surface area contributed by atoms with Crippen LogP contribution < -0.4 is 5.73 Å². The van der Waals surface area contributed by atoms with Gasteiger partial charge in [0, 0.05) is 32.3 Å². The lowest BCUT2D eigenvalue weighted by atomic mass is 10.1. The molecule has 1 fully saturated rings. The van der Waals surface area contributed by atoms with Crippen LogP contribution in [0.4, 0.5) is 0 Å². The molecule has 0 aromatic rings. The first-order valence-electron chi connectivity index (χ1n) is 5.63. The van der Waals surface area contributed by atoms with Gasteiger partial charge >= 0.3 is 0 Å². The van der Waals surface area contributed by atoms with Crippen LogP contribution in [0.15, 0.2) is 0 Å². The highest BCUT2D eigenvalue weighted by Gasteiger charge is 2.26. The largest absolute Gasteiger partial charge is 0.382 e. The minimum absolute atomic E-state index is 0.110. The maximum atomic E-state index is 5.98. The molecule has 1 saturated heterocycles. The van der Waals surface area contributed by atoms with Crippen molar-refractivity contribution in [2.45, 2.75) is 31.9 Å². The van der Waals surface area contributed by atoms with E-state index in [1.807, 2.05) is 0 Å². The van der Waals surface area contributed by atoms with Gasteiger partial charge in [-0.05, 0) is 20.3 Å². The van der Waals surface area contributed by atoms with Gasteiger partial charge in [0.1, 0.15) is 0 Å². The third kappa shape index (κ3) is 5.47. The monoisotopic (exact) mass is 216 g/mol. The van der Waals surface area contributed by atoms with Gasteiger partial charge in [-0.1, -0.05) is 0 Å². The standard InChI is InChI=1S/C11H24N2O2/c1-11(2,12)9-13-5-4-10(8-13)15-7-6-14-3/h10H,4-9,12H2,1-3H3. The Morgan fingerprint density at radius 3 is 2.73 bits per heavy atom. The molecule has 1 heterocycles. The molecule has 1 aliphatic rings. The lowest BCUT2D eigenvalue weighted by Gasteiger charge is -2.26. The summed E-state index contributed by atoms with van der Waals surface area (Å²) in [7, 11) is 1.70. The van der Waals surface area contributed by atoms with Crippen molar-refractivity contribution in [3.63, 3.8) is 0 Å². The molecule has 1 rings (SSSR count). The zero-order valence-electron chi connectivity index (χ0n) is 10.2. The molecule has 4 nitrogen and oxygen atoms in total. The van der Waals surface area contributed by atoms with Crippen LogP contribution >= 0.6 is 0 Å². The van der Waals surface area contributed by atoms with Gasteiger partial charge in [0.25, 0.3) is 0 Å². The van der Waals surface area contributed by atoms with Crippen molar-refractivity contribution in [2.24, 2.45) is 5.73 Å². The highest BCUT2D eigenvalue weighted by Crippen LogP contribution is 2.14. The quantitative estimate of drug-likeness (QED) is 0.655. The first kappa shape index (κ1) is 12.9. The summed E-state index contributed by atoms with van der Waals surface area (Å²) in [6.45, 7) is 8.54. The Bertz CT molecular complexity index is 180. The van der Waals surface area contributed by atoms with Crippen molar-refractivity contribution in [1.82, 2.24) is 4.90 Å². The number of methoxy groups -OCH3 is 1. The predicted octanol–water partition coefficient (Wildman–Crippen LogP) is 0.461. The Balaban J connectivity index is 2.15. The van der Waals surface area contributed by atoms with E-state index in [-0.39, 0.29) is 5.54 Å². The van der Waals surface area contributed by atoms with Crippen LogP contribution in [-0.4, -0.2) is 56.5 Å². The number of likely N-dealkylation sites (tertiary alicyclic amines) is 1. The van der Waals surface area contributed by atoms with Crippen LogP contribution in [0.25, 0.3) is 0 Å². The van der Waals surface area contributed by atoms with E-state index in [9.17, 15) is 0 Å². The topological polar surface area (TPSA) is 47.7 Å². The zero-order chi connectivity index (χ0) is 11.3. The highest BCUT2D eigenvalue weighted by molar-refractivity contribution is 4.83. The number of hydrogen-bond donors (Lipinski definition) is 1. The van der Waals surface area contributed by atoms with Crippen LogP contribution in [-0.2, 0) is 9.47 Å². The molecule has 0 bridgehead atoms. The molecule has 4 heteroatoms. The fraction of sp³-hybridized carbons (Fsp3) is 1.00. The Morgan fingerprint density at radius 2 is 2.13 bits per heavy atom. The van der Waals surface area contributed by atoms with E-state index in [2.05, 4.69) is 18.7 Å². The lowest BCUT2D eigenvalue weighted by Crippen LogP contribution is -2.44. The molecule has 0 radical (unpaired) electrons. The van der Waals surface area contributed by atoms with Crippen molar-refractivity contribution in [3.8, 4) is 0 Å². The Hall–Kier alpha value is -0.160. The van der Waals surface area contributed by atoms with Crippen molar-refractivity contribution < 1.29 is 9.47 Å². The SMILES string of the molecule is COCCOC1CCN(CC(C)(C)N)C1. The van der Waals surface area contributed by atoms with Gasteiger partial charge in [0.05, 0.1) is 19.3 Å².